The van der Waals surface area contributed by atoms with Gasteiger partial charge in [0.2, 0.25) is 5.91 Å². The number of rotatable bonds is 6. The zero-order valence-corrected chi connectivity index (χ0v) is 10.9. The first-order valence-corrected chi connectivity index (χ1v) is 7.12. The minimum absolute atomic E-state index is 0.0837. The summed E-state index contributed by atoms with van der Waals surface area (Å²) < 4.78 is 0. The van der Waals surface area contributed by atoms with Gasteiger partial charge in [-0.2, -0.15) is 11.8 Å². The molecular weight excluding hydrogens is 240 g/mol. The Morgan fingerprint density at radius 2 is 2.35 bits per heavy atom. The van der Waals surface area contributed by atoms with Crippen LogP contribution in [0.2, 0.25) is 0 Å². The smallest absolute Gasteiger partial charge is 0.308 e. The zero-order chi connectivity index (χ0) is 12.7. The molecule has 0 aromatic rings. The van der Waals surface area contributed by atoms with Gasteiger partial charge in [0.1, 0.15) is 0 Å². The van der Waals surface area contributed by atoms with E-state index >= 15 is 0 Å². The number of carboxylic acids is 1. The lowest BCUT2D eigenvalue weighted by Gasteiger charge is -2.23. The largest absolute Gasteiger partial charge is 0.481 e. The summed E-state index contributed by atoms with van der Waals surface area (Å²) in [6, 6.07) is -0.176. The van der Waals surface area contributed by atoms with Gasteiger partial charge in [0.25, 0.3) is 0 Å². The number of hydrogen-bond acceptors (Lipinski definition) is 4. The van der Waals surface area contributed by atoms with Crippen molar-refractivity contribution in [3.63, 3.8) is 0 Å². The second-order valence-electron chi connectivity index (χ2n) is 4.15. The van der Waals surface area contributed by atoms with Crippen molar-refractivity contribution in [2.75, 3.05) is 24.6 Å². The molecule has 17 heavy (non-hydrogen) atoms. The molecule has 0 bridgehead atoms. The molecule has 6 heteroatoms. The molecule has 1 fully saturated rings. The Morgan fingerprint density at radius 1 is 1.59 bits per heavy atom. The van der Waals surface area contributed by atoms with E-state index in [2.05, 4.69) is 10.6 Å². The molecule has 0 saturated carbocycles. The molecule has 1 aliphatic heterocycles. The Labute approximate surface area is 106 Å². The van der Waals surface area contributed by atoms with E-state index in [-0.39, 0.29) is 18.5 Å². The van der Waals surface area contributed by atoms with Crippen LogP contribution in [0.3, 0.4) is 0 Å². The Bertz CT molecular complexity index is 267. The van der Waals surface area contributed by atoms with Gasteiger partial charge in [0.05, 0.1) is 12.0 Å². The molecule has 98 valence electrons. The molecule has 0 aromatic heterocycles. The quantitative estimate of drug-likeness (QED) is 0.640. The molecule has 0 radical (unpaired) electrons. The van der Waals surface area contributed by atoms with Gasteiger partial charge in [-0.15, -0.1) is 0 Å². The molecule has 1 saturated heterocycles. The summed E-state index contributed by atoms with van der Waals surface area (Å²) in [6.07, 6.45) is 1.41. The molecule has 0 aliphatic carbocycles. The van der Waals surface area contributed by atoms with Gasteiger partial charge in [0.15, 0.2) is 0 Å². The van der Waals surface area contributed by atoms with E-state index in [1.165, 1.54) is 0 Å². The maximum Gasteiger partial charge on any atom is 0.308 e. The van der Waals surface area contributed by atoms with Gasteiger partial charge >= 0.3 is 5.97 Å². The van der Waals surface area contributed by atoms with Crippen LogP contribution >= 0.6 is 11.8 Å². The highest BCUT2D eigenvalue weighted by molar-refractivity contribution is 7.99. The first-order valence-electron chi connectivity index (χ1n) is 5.96. The van der Waals surface area contributed by atoms with Crippen LogP contribution in [0.5, 0.6) is 0 Å². The van der Waals surface area contributed by atoms with Gasteiger partial charge in [-0.05, 0) is 6.42 Å². The lowest BCUT2D eigenvalue weighted by Crippen LogP contribution is -2.50. The van der Waals surface area contributed by atoms with Crippen molar-refractivity contribution in [1.29, 1.82) is 0 Å². The van der Waals surface area contributed by atoms with Crippen LogP contribution < -0.4 is 10.6 Å². The predicted molar refractivity (Wildman–Crippen MR) is 68.2 cm³/mol. The summed E-state index contributed by atoms with van der Waals surface area (Å²) in [5, 5.41) is 14.8. The van der Waals surface area contributed by atoms with E-state index in [1.54, 1.807) is 11.8 Å². The van der Waals surface area contributed by atoms with Gasteiger partial charge < -0.3 is 15.7 Å². The summed E-state index contributed by atoms with van der Waals surface area (Å²) in [5.74, 6) is 0.396. The average Bonchev–Trinajstić information content (AvgIpc) is 2.34. The minimum atomic E-state index is -0.835. The Kier molecular flexibility index (Phi) is 6.36. The monoisotopic (exact) mass is 260 g/mol. The molecule has 0 spiro atoms. The molecule has 1 heterocycles. The van der Waals surface area contributed by atoms with Crippen molar-refractivity contribution < 1.29 is 14.7 Å². The fourth-order valence-corrected chi connectivity index (χ4v) is 2.68. The van der Waals surface area contributed by atoms with Crippen molar-refractivity contribution >= 4 is 23.6 Å². The van der Waals surface area contributed by atoms with Gasteiger partial charge in [-0.25, -0.2) is 0 Å². The van der Waals surface area contributed by atoms with Crippen LogP contribution in [-0.2, 0) is 9.59 Å². The van der Waals surface area contributed by atoms with E-state index in [4.69, 9.17) is 5.11 Å². The van der Waals surface area contributed by atoms with Crippen LogP contribution in [0, 0.1) is 5.92 Å². The first kappa shape index (κ1) is 14.3. The number of thioether (sulfide) groups is 1. The van der Waals surface area contributed by atoms with Gasteiger partial charge in [0, 0.05) is 24.6 Å². The van der Waals surface area contributed by atoms with E-state index < -0.39 is 11.9 Å². The van der Waals surface area contributed by atoms with Crippen LogP contribution in [-0.4, -0.2) is 47.6 Å². The summed E-state index contributed by atoms with van der Waals surface area (Å²) in [7, 11) is 0. The number of aliphatic carboxylic acids is 1. The third-order valence-corrected chi connectivity index (χ3v) is 3.81. The molecule has 2 unspecified atom stereocenters. The number of hydrogen-bond donors (Lipinski definition) is 3. The first-order chi connectivity index (χ1) is 8.15. The number of nitrogens with one attached hydrogen (secondary N) is 2. The van der Waals surface area contributed by atoms with Crippen molar-refractivity contribution in [1.82, 2.24) is 10.6 Å². The molecule has 1 amide bonds. The lowest BCUT2D eigenvalue weighted by atomic mass is 10.0. The van der Waals surface area contributed by atoms with E-state index in [0.29, 0.717) is 6.42 Å². The molecular formula is C11H20N2O3S. The minimum Gasteiger partial charge on any atom is -0.481 e. The van der Waals surface area contributed by atoms with E-state index in [9.17, 15) is 9.59 Å². The number of carbonyl (C=O) groups excluding carboxylic acids is 1. The molecule has 3 N–H and O–H groups in total. The topological polar surface area (TPSA) is 78.4 Å². The Morgan fingerprint density at radius 3 is 2.88 bits per heavy atom. The fraction of sp³-hybridized carbons (Fsp3) is 0.818. The third-order valence-electron chi connectivity index (χ3n) is 2.75. The van der Waals surface area contributed by atoms with Crippen molar-refractivity contribution in [3.05, 3.63) is 0 Å². The summed E-state index contributed by atoms with van der Waals surface area (Å²) in [4.78, 5) is 22.7. The molecule has 5 nitrogen and oxygen atoms in total. The van der Waals surface area contributed by atoms with Crippen molar-refractivity contribution in [2.45, 2.75) is 25.8 Å². The molecule has 0 aromatic carbocycles. The maximum atomic E-state index is 11.7. The lowest BCUT2D eigenvalue weighted by molar-refractivity contribution is -0.142. The van der Waals surface area contributed by atoms with E-state index in [1.807, 2.05) is 6.92 Å². The normalized spacial score (nSPS) is 21.8. The van der Waals surface area contributed by atoms with Crippen LogP contribution in [0.1, 0.15) is 19.8 Å². The van der Waals surface area contributed by atoms with Crippen LogP contribution in [0.25, 0.3) is 0 Å². The Balaban J connectivity index is 2.32. The van der Waals surface area contributed by atoms with Crippen molar-refractivity contribution in [3.8, 4) is 0 Å². The average molecular weight is 260 g/mol. The third kappa shape index (κ3) is 4.95. The highest BCUT2D eigenvalue weighted by Gasteiger charge is 2.23. The molecule has 1 aliphatic rings. The van der Waals surface area contributed by atoms with E-state index in [0.717, 1.165) is 24.5 Å². The van der Waals surface area contributed by atoms with Gasteiger partial charge in [-0.3, -0.25) is 9.59 Å². The number of amides is 1. The number of carbonyl (C=O) groups is 2. The summed E-state index contributed by atoms with van der Waals surface area (Å²) in [6.45, 7) is 3.00. The van der Waals surface area contributed by atoms with Gasteiger partial charge in [-0.1, -0.05) is 13.3 Å². The highest BCUT2D eigenvalue weighted by atomic mass is 32.2. The van der Waals surface area contributed by atoms with Crippen molar-refractivity contribution in [2.24, 2.45) is 5.92 Å². The number of carboxylic acid groups (broad SMARTS) is 1. The predicted octanol–water partition coefficient (Wildman–Crippen LogP) is 0.309. The molecule has 2 atom stereocenters. The summed E-state index contributed by atoms with van der Waals surface area (Å²) >= 11 is 1.74. The Hall–Kier alpha value is -0.750. The summed E-state index contributed by atoms with van der Waals surface area (Å²) in [5.41, 5.74) is 0. The highest BCUT2D eigenvalue weighted by Crippen LogP contribution is 2.09. The SMILES string of the molecule is CCCC(CNC(=O)C1CSCCN1)C(=O)O. The van der Waals surface area contributed by atoms with Crippen LogP contribution in [0.15, 0.2) is 0 Å². The zero-order valence-electron chi connectivity index (χ0n) is 10.1. The van der Waals surface area contributed by atoms with Crippen LogP contribution in [0.4, 0.5) is 0 Å². The molecule has 1 rings (SSSR count). The second kappa shape index (κ2) is 7.55. The fourth-order valence-electron chi connectivity index (χ4n) is 1.74. The second-order valence-corrected chi connectivity index (χ2v) is 5.30. The maximum absolute atomic E-state index is 11.7. The standard InChI is InChI=1S/C11H20N2O3S/c1-2-3-8(11(15)16)6-13-10(14)9-7-17-5-4-12-9/h8-9,12H,2-7H2,1H3,(H,13,14)(H,15,16).